The van der Waals surface area contributed by atoms with Crippen LogP contribution in [0.2, 0.25) is 0 Å². The Labute approximate surface area is 93.9 Å². The Hall–Kier alpha value is -1.43. The molecule has 88 valence electrons. The minimum Gasteiger partial charge on any atom is -0.394 e. The molecule has 0 saturated heterocycles. The Morgan fingerprint density at radius 3 is 2.50 bits per heavy atom. The van der Waals surface area contributed by atoms with E-state index in [9.17, 15) is 18.0 Å². The van der Waals surface area contributed by atoms with Gasteiger partial charge in [-0.2, -0.15) is 13.2 Å². The van der Waals surface area contributed by atoms with Gasteiger partial charge in [-0.25, -0.2) is 4.79 Å². The molecule has 0 spiro atoms. The summed E-state index contributed by atoms with van der Waals surface area (Å²) in [6.45, 7) is 1.48. The van der Waals surface area contributed by atoms with Crippen LogP contribution in [0.5, 0.6) is 5.75 Å². The zero-order valence-corrected chi connectivity index (χ0v) is 8.72. The van der Waals surface area contributed by atoms with Gasteiger partial charge in [0, 0.05) is 0 Å². The zero-order chi connectivity index (χ0) is 12.3. The van der Waals surface area contributed by atoms with E-state index in [1.165, 1.54) is 13.0 Å². The highest BCUT2D eigenvalue weighted by molar-refractivity contribution is 6.12. The predicted molar refractivity (Wildman–Crippen MR) is 49.1 cm³/mol. The summed E-state index contributed by atoms with van der Waals surface area (Å²) in [4.78, 5) is 10.6. The van der Waals surface area contributed by atoms with Crippen molar-refractivity contribution in [3.8, 4) is 5.75 Å². The third kappa shape index (κ3) is 3.03. The Balaban J connectivity index is 3.04. The van der Waals surface area contributed by atoms with Gasteiger partial charge in [-0.15, -0.1) is 0 Å². The number of carbonyl (C=O) groups is 1. The van der Waals surface area contributed by atoms with Gasteiger partial charge < -0.3 is 9.03 Å². The molecule has 0 atom stereocenters. The molecule has 0 aliphatic heterocycles. The Bertz CT molecular complexity index is 403. The fraction of sp³-hybridized carbons (Fsp3) is 0.222. The first-order chi connectivity index (χ1) is 7.34. The number of hydrogen-bond acceptors (Lipinski definition) is 3. The fourth-order valence-electron chi connectivity index (χ4n) is 0.992. The average molecular weight is 255 g/mol. The summed E-state index contributed by atoms with van der Waals surface area (Å²) >= 11 is 4.69. The van der Waals surface area contributed by atoms with E-state index >= 15 is 0 Å². The topological polar surface area (TPSA) is 35.5 Å². The molecule has 7 heteroatoms. The molecule has 1 aromatic carbocycles. The first kappa shape index (κ1) is 12.6. The van der Waals surface area contributed by atoms with Gasteiger partial charge >= 0.3 is 12.3 Å². The molecular weight excluding hydrogens is 249 g/mol. The molecule has 0 N–H and O–H groups in total. The number of benzene rings is 1. The molecule has 16 heavy (non-hydrogen) atoms. The maximum atomic E-state index is 12.3. The molecule has 0 bridgehead atoms. The second-order valence-corrected chi connectivity index (χ2v) is 3.06. The average Bonchev–Trinajstić information content (AvgIpc) is 2.19. The first-order valence-electron chi connectivity index (χ1n) is 4.03. The van der Waals surface area contributed by atoms with E-state index in [2.05, 4.69) is 20.9 Å². The highest BCUT2D eigenvalue weighted by Gasteiger charge is 2.31. The van der Waals surface area contributed by atoms with Crippen molar-refractivity contribution in [3.63, 3.8) is 0 Å². The van der Waals surface area contributed by atoms with Crippen LogP contribution in [0.15, 0.2) is 18.2 Å². The second-order valence-electron chi connectivity index (χ2n) is 2.91. The van der Waals surface area contributed by atoms with Gasteiger partial charge in [0.05, 0.1) is 5.56 Å². The molecule has 0 aliphatic carbocycles. The van der Waals surface area contributed by atoms with Gasteiger partial charge in [0.1, 0.15) is 17.6 Å². The van der Waals surface area contributed by atoms with Gasteiger partial charge in [-0.05, 0) is 24.6 Å². The standard InChI is InChI=1S/C9H6ClF3O3/c1-5-2-3-6(9(11,12)13)4-7(5)15-8(14)16-10/h2-4H,1H3. The van der Waals surface area contributed by atoms with Gasteiger partial charge in [0.25, 0.3) is 0 Å². The largest absolute Gasteiger partial charge is 0.532 e. The lowest BCUT2D eigenvalue weighted by molar-refractivity contribution is -0.137. The highest BCUT2D eigenvalue weighted by Crippen LogP contribution is 2.32. The maximum absolute atomic E-state index is 12.3. The molecular formula is C9H6ClF3O3. The molecule has 0 radical (unpaired) electrons. The maximum Gasteiger partial charge on any atom is 0.532 e. The molecule has 1 rings (SSSR count). The van der Waals surface area contributed by atoms with Crippen LogP contribution in [-0.4, -0.2) is 6.16 Å². The van der Waals surface area contributed by atoms with Crippen molar-refractivity contribution in [2.45, 2.75) is 13.1 Å². The Morgan fingerprint density at radius 2 is 2.00 bits per heavy atom. The number of rotatable bonds is 1. The van der Waals surface area contributed by atoms with Gasteiger partial charge in [-0.3, -0.25) is 0 Å². The molecule has 0 aromatic heterocycles. The molecule has 3 nitrogen and oxygen atoms in total. The van der Waals surface area contributed by atoms with Crippen LogP contribution in [0.4, 0.5) is 18.0 Å². The number of aryl methyl sites for hydroxylation is 1. The highest BCUT2D eigenvalue weighted by atomic mass is 35.5. The molecule has 0 aliphatic rings. The van der Waals surface area contributed by atoms with E-state index in [-0.39, 0.29) is 5.75 Å². The van der Waals surface area contributed by atoms with E-state index in [0.29, 0.717) is 11.6 Å². The SMILES string of the molecule is Cc1ccc(C(F)(F)F)cc1OC(=O)OCl. The van der Waals surface area contributed by atoms with Crippen molar-refractivity contribution >= 4 is 18.0 Å². The van der Waals surface area contributed by atoms with Crippen LogP contribution in [0.3, 0.4) is 0 Å². The molecule has 0 saturated carbocycles. The van der Waals surface area contributed by atoms with Crippen molar-refractivity contribution in [2.24, 2.45) is 0 Å². The van der Waals surface area contributed by atoms with E-state index in [4.69, 9.17) is 0 Å². The third-order valence-electron chi connectivity index (χ3n) is 1.77. The third-order valence-corrected chi connectivity index (χ3v) is 1.90. The van der Waals surface area contributed by atoms with Gasteiger partial charge in [0.15, 0.2) is 0 Å². The Kier molecular flexibility index (Phi) is 3.64. The molecule has 0 amide bonds. The monoisotopic (exact) mass is 254 g/mol. The normalized spacial score (nSPS) is 11.1. The lowest BCUT2D eigenvalue weighted by Gasteiger charge is -2.10. The van der Waals surface area contributed by atoms with E-state index in [0.717, 1.165) is 6.07 Å². The summed E-state index contributed by atoms with van der Waals surface area (Å²) in [7, 11) is 0. The number of hydrogen-bond donors (Lipinski definition) is 0. The lowest BCUT2D eigenvalue weighted by Crippen LogP contribution is -2.09. The van der Waals surface area contributed by atoms with Crippen molar-refractivity contribution in [1.82, 2.24) is 0 Å². The molecule has 1 aromatic rings. The minimum absolute atomic E-state index is 0.250. The number of halogens is 4. The minimum atomic E-state index is -4.50. The first-order valence-corrected chi connectivity index (χ1v) is 4.33. The summed E-state index contributed by atoms with van der Waals surface area (Å²) in [6, 6.07) is 2.76. The van der Waals surface area contributed by atoms with Crippen LogP contribution in [0.1, 0.15) is 11.1 Å². The van der Waals surface area contributed by atoms with Crippen LogP contribution < -0.4 is 4.74 Å². The summed E-state index contributed by atoms with van der Waals surface area (Å²) in [5.41, 5.74) is -0.564. The van der Waals surface area contributed by atoms with Crippen molar-refractivity contribution < 1.29 is 27.0 Å². The molecule has 0 heterocycles. The molecule has 0 unspecified atom stereocenters. The van der Waals surface area contributed by atoms with Gasteiger partial charge in [0.2, 0.25) is 0 Å². The van der Waals surface area contributed by atoms with Crippen molar-refractivity contribution in [2.75, 3.05) is 0 Å². The van der Waals surface area contributed by atoms with E-state index in [1.54, 1.807) is 0 Å². The molecule has 0 fully saturated rings. The van der Waals surface area contributed by atoms with Crippen LogP contribution >= 0.6 is 11.9 Å². The van der Waals surface area contributed by atoms with Crippen molar-refractivity contribution in [3.05, 3.63) is 29.3 Å². The smallest absolute Gasteiger partial charge is 0.394 e. The van der Waals surface area contributed by atoms with Crippen LogP contribution in [0, 0.1) is 6.92 Å². The van der Waals surface area contributed by atoms with Gasteiger partial charge in [-0.1, -0.05) is 6.07 Å². The quantitative estimate of drug-likeness (QED) is 0.566. The predicted octanol–water partition coefficient (Wildman–Crippen LogP) is 3.68. The van der Waals surface area contributed by atoms with E-state index in [1.807, 2.05) is 0 Å². The van der Waals surface area contributed by atoms with E-state index < -0.39 is 17.9 Å². The summed E-state index contributed by atoms with van der Waals surface area (Å²) in [5.74, 6) is -0.250. The van der Waals surface area contributed by atoms with Crippen LogP contribution in [-0.2, 0) is 10.5 Å². The number of ether oxygens (including phenoxy) is 1. The Morgan fingerprint density at radius 1 is 1.38 bits per heavy atom. The summed E-state index contributed by atoms with van der Waals surface area (Å²) in [6.07, 6.45) is -5.79. The van der Waals surface area contributed by atoms with Crippen LogP contribution in [0.25, 0.3) is 0 Å². The zero-order valence-electron chi connectivity index (χ0n) is 7.97. The lowest BCUT2D eigenvalue weighted by atomic mass is 10.1. The van der Waals surface area contributed by atoms with Crippen molar-refractivity contribution in [1.29, 1.82) is 0 Å². The summed E-state index contributed by atoms with van der Waals surface area (Å²) in [5, 5.41) is 0. The number of carbonyl (C=O) groups excluding carboxylic acids is 1. The fourth-order valence-corrected chi connectivity index (χ4v) is 1.02. The second kappa shape index (κ2) is 4.61. The number of alkyl halides is 3. The summed E-state index contributed by atoms with van der Waals surface area (Å²) < 4.78 is 45.1.